The summed E-state index contributed by atoms with van der Waals surface area (Å²) in [5.74, 6) is -0.738. The largest absolute Gasteiger partial charge is 0.508 e. The van der Waals surface area contributed by atoms with Gasteiger partial charge in [-0.05, 0) is 81.9 Å². The van der Waals surface area contributed by atoms with Gasteiger partial charge >= 0.3 is 0 Å². The third-order valence-corrected chi connectivity index (χ3v) is 5.96. The Morgan fingerprint density at radius 1 is 1.09 bits per heavy atom. The van der Waals surface area contributed by atoms with Crippen molar-refractivity contribution < 1.29 is 24.5 Å². The molecule has 1 heterocycles. The lowest BCUT2D eigenvalue weighted by molar-refractivity contribution is -0.139. The number of Topliss-reactive ketones (excluding diaryl/α,β-unsaturated/α-hetero) is 1. The van der Waals surface area contributed by atoms with Gasteiger partial charge in [0.1, 0.15) is 17.3 Å². The molecule has 7 nitrogen and oxygen atoms in total. The summed E-state index contributed by atoms with van der Waals surface area (Å²) in [6, 6.07) is 10.9. The number of phenols is 1. The molecule has 0 bridgehead atoms. The highest BCUT2D eigenvalue weighted by molar-refractivity contribution is 6.46. The van der Waals surface area contributed by atoms with Crippen molar-refractivity contribution in [3.63, 3.8) is 0 Å². The number of nitrogens with zero attached hydrogens (tertiary/aromatic N) is 2. The third-order valence-electron chi connectivity index (χ3n) is 5.96. The normalized spacial score (nSPS) is 17.6. The van der Waals surface area contributed by atoms with Gasteiger partial charge < -0.3 is 24.7 Å². The summed E-state index contributed by atoms with van der Waals surface area (Å²) in [5, 5.41) is 21.0. The second-order valence-corrected chi connectivity index (χ2v) is 8.92. The summed E-state index contributed by atoms with van der Waals surface area (Å²) < 4.78 is 5.80. The molecule has 1 aliphatic heterocycles. The molecule has 1 aliphatic rings. The Morgan fingerprint density at radius 3 is 2.41 bits per heavy atom. The van der Waals surface area contributed by atoms with Gasteiger partial charge in [0.25, 0.3) is 11.7 Å². The van der Waals surface area contributed by atoms with Gasteiger partial charge in [-0.1, -0.05) is 25.5 Å². The molecule has 1 amide bonds. The standard InChI is InChI=1S/C27H34N2O5/c1-5-6-16-34-22-13-10-20(17-18(22)2)25(31)23-24(19-8-11-21(30)12-9-19)29(27(33)26(23)32)15-7-14-28(3)4/h8-13,17,24,30-31H,5-7,14-16H2,1-4H3/t24-/m0/s1. The molecule has 34 heavy (non-hydrogen) atoms. The average molecular weight is 467 g/mol. The molecule has 182 valence electrons. The number of ether oxygens (including phenoxy) is 1. The van der Waals surface area contributed by atoms with Gasteiger partial charge in [0.05, 0.1) is 18.2 Å². The number of aromatic hydroxyl groups is 1. The molecule has 1 atom stereocenters. The lowest BCUT2D eigenvalue weighted by Crippen LogP contribution is -2.32. The van der Waals surface area contributed by atoms with Gasteiger partial charge in [-0.25, -0.2) is 0 Å². The van der Waals surface area contributed by atoms with Crippen molar-refractivity contribution in [2.45, 2.75) is 39.2 Å². The van der Waals surface area contributed by atoms with E-state index in [4.69, 9.17) is 4.74 Å². The summed E-state index contributed by atoms with van der Waals surface area (Å²) in [7, 11) is 3.90. The number of likely N-dealkylation sites (tertiary alicyclic amines) is 1. The van der Waals surface area contributed by atoms with Crippen molar-refractivity contribution in [3.05, 3.63) is 64.7 Å². The first-order valence-electron chi connectivity index (χ1n) is 11.7. The average Bonchev–Trinajstić information content (AvgIpc) is 3.05. The van der Waals surface area contributed by atoms with Crippen LogP contribution in [0.5, 0.6) is 11.5 Å². The molecular formula is C27H34N2O5. The Hall–Kier alpha value is -3.32. The lowest BCUT2D eigenvalue weighted by Gasteiger charge is -2.26. The first kappa shape index (κ1) is 25.3. The summed E-state index contributed by atoms with van der Waals surface area (Å²) in [5.41, 5.74) is 2.00. The molecule has 7 heteroatoms. The van der Waals surface area contributed by atoms with Crippen molar-refractivity contribution in [1.82, 2.24) is 9.80 Å². The van der Waals surface area contributed by atoms with Crippen LogP contribution in [0.15, 0.2) is 48.0 Å². The van der Waals surface area contributed by atoms with Crippen LogP contribution in [0, 0.1) is 6.92 Å². The van der Waals surface area contributed by atoms with Crippen LogP contribution < -0.4 is 4.74 Å². The fourth-order valence-corrected chi connectivity index (χ4v) is 4.11. The summed E-state index contributed by atoms with van der Waals surface area (Å²) in [4.78, 5) is 29.6. The predicted octanol–water partition coefficient (Wildman–Crippen LogP) is 4.25. The van der Waals surface area contributed by atoms with E-state index in [0.717, 1.165) is 30.7 Å². The van der Waals surface area contributed by atoms with Crippen LogP contribution in [0.25, 0.3) is 5.76 Å². The predicted molar refractivity (Wildman–Crippen MR) is 132 cm³/mol. The zero-order chi connectivity index (χ0) is 24.8. The van der Waals surface area contributed by atoms with Crippen LogP contribution in [-0.4, -0.2) is 65.5 Å². The van der Waals surface area contributed by atoms with Gasteiger partial charge in [0.15, 0.2) is 0 Å². The second kappa shape index (κ2) is 11.2. The number of rotatable bonds is 10. The Kier molecular flexibility index (Phi) is 8.34. The number of amides is 1. The van der Waals surface area contributed by atoms with Crippen molar-refractivity contribution in [1.29, 1.82) is 0 Å². The van der Waals surface area contributed by atoms with Crippen molar-refractivity contribution in [2.24, 2.45) is 0 Å². The fourth-order valence-electron chi connectivity index (χ4n) is 4.11. The molecule has 0 saturated carbocycles. The van der Waals surface area contributed by atoms with Crippen molar-refractivity contribution in [2.75, 3.05) is 33.8 Å². The number of carbonyl (C=O) groups excluding carboxylic acids is 2. The summed E-state index contributed by atoms with van der Waals surface area (Å²) in [6.07, 6.45) is 2.66. The number of carbonyl (C=O) groups is 2. The van der Waals surface area contributed by atoms with E-state index in [1.807, 2.05) is 25.9 Å². The van der Waals surface area contributed by atoms with Gasteiger partial charge in [-0.15, -0.1) is 0 Å². The van der Waals surface area contributed by atoms with Gasteiger partial charge in [0, 0.05) is 12.1 Å². The van der Waals surface area contributed by atoms with E-state index in [0.29, 0.717) is 30.7 Å². The minimum atomic E-state index is -0.733. The number of aliphatic hydroxyl groups excluding tert-OH is 1. The van der Waals surface area contributed by atoms with Crippen LogP contribution in [-0.2, 0) is 9.59 Å². The van der Waals surface area contributed by atoms with Crippen LogP contribution in [0.3, 0.4) is 0 Å². The first-order valence-corrected chi connectivity index (χ1v) is 11.7. The number of ketones is 1. The second-order valence-electron chi connectivity index (χ2n) is 8.92. The Labute approximate surface area is 201 Å². The van der Waals surface area contributed by atoms with E-state index in [2.05, 4.69) is 6.92 Å². The molecule has 0 aromatic heterocycles. The number of hydrogen-bond donors (Lipinski definition) is 2. The molecule has 2 N–H and O–H groups in total. The van der Waals surface area contributed by atoms with Crippen LogP contribution >= 0.6 is 0 Å². The topological polar surface area (TPSA) is 90.3 Å². The highest BCUT2D eigenvalue weighted by Crippen LogP contribution is 2.40. The van der Waals surface area contributed by atoms with E-state index in [1.165, 1.54) is 17.0 Å². The van der Waals surface area contributed by atoms with E-state index in [1.54, 1.807) is 30.3 Å². The van der Waals surface area contributed by atoms with Crippen LogP contribution in [0.4, 0.5) is 0 Å². The van der Waals surface area contributed by atoms with E-state index >= 15 is 0 Å². The van der Waals surface area contributed by atoms with Gasteiger partial charge in [-0.3, -0.25) is 9.59 Å². The number of aryl methyl sites for hydroxylation is 1. The van der Waals surface area contributed by atoms with Crippen LogP contribution in [0.2, 0.25) is 0 Å². The maximum absolute atomic E-state index is 13.1. The summed E-state index contributed by atoms with van der Waals surface area (Å²) in [6.45, 7) is 5.72. The molecule has 0 unspecified atom stereocenters. The molecule has 1 fully saturated rings. The maximum Gasteiger partial charge on any atom is 0.295 e. The molecular weight excluding hydrogens is 432 g/mol. The minimum Gasteiger partial charge on any atom is -0.508 e. The number of hydrogen-bond acceptors (Lipinski definition) is 6. The summed E-state index contributed by atoms with van der Waals surface area (Å²) >= 11 is 0. The first-order chi connectivity index (χ1) is 16.2. The third kappa shape index (κ3) is 5.59. The van der Waals surface area contributed by atoms with Gasteiger partial charge in [-0.2, -0.15) is 0 Å². The molecule has 2 aromatic carbocycles. The molecule has 1 saturated heterocycles. The molecule has 0 aliphatic carbocycles. The molecule has 3 rings (SSSR count). The SMILES string of the molecule is CCCCOc1ccc(C(O)=C2C(=O)C(=O)N(CCCN(C)C)[C@H]2c2ccc(O)cc2)cc1C. The quantitative estimate of drug-likeness (QED) is 0.235. The minimum absolute atomic E-state index is 0.0552. The fraction of sp³-hybridized carbons (Fsp3) is 0.407. The molecule has 0 radical (unpaired) electrons. The molecule has 0 spiro atoms. The number of phenolic OH excluding ortho intramolecular Hbond substituents is 1. The monoisotopic (exact) mass is 466 g/mol. The maximum atomic E-state index is 13.1. The number of aliphatic hydroxyl groups is 1. The highest BCUT2D eigenvalue weighted by atomic mass is 16.5. The van der Waals surface area contributed by atoms with E-state index in [-0.39, 0.29) is 17.1 Å². The van der Waals surface area contributed by atoms with Crippen molar-refractivity contribution >= 4 is 17.4 Å². The number of unbranched alkanes of at least 4 members (excludes halogenated alkanes) is 1. The zero-order valence-electron chi connectivity index (χ0n) is 20.4. The Balaban J connectivity index is 2.02. The Bertz CT molecular complexity index is 1060. The number of benzene rings is 2. The molecule has 2 aromatic rings. The van der Waals surface area contributed by atoms with E-state index in [9.17, 15) is 19.8 Å². The lowest BCUT2D eigenvalue weighted by atomic mass is 9.94. The highest BCUT2D eigenvalue weighted by Gasteiger charge is 2.45. The van der Waals surface area contributed by atoms with E-state index < -0.39 is 17.7 Å². The Morgan fingerprint density at radius 2 is 1.79 bits per heavy atom. The smallest absolute Gasteiger partial charge is 0.295 e. The van der Waals surface area contributed by atoms with Crippen LogP contribution in [0.1, 0.15) is 48.9 Å². The zero-order valence-corrected chi connectivity index (χ0v) is 20.4. The van der Waals surface area contributed by atoms with Crippen molar-refractivity contribution in [3.8, 4) is 11.5 Å². The van der Waals surface area contributed by atoms with Gasteiger partial charge in [0.2, 0.25) is 0 Å².